The highest BCUT2D eigenvalue weighted by molar-refractivity contribution is 5.92. The molecule has 1 aliphatic heterocycles. The lowest BCUT2D eigenvalue weighted by Crippen LogP contribution is -2.37. The number of carbonyl (C=O) groups excluding carboxylic acids is 1. The van der Waals surface area contributed by atoms with Crippen LogP contribution < -0.4 is 19.7 Å². The largest absolute Gasteiger partial charge is 0.573 e. The lowest BCUT2D eigenvalue weighted by Gasteiger charge is -2.34. The number of fused-ring (bicyclic) bond motifs is 1. The van der Waals surface area contributed by atoms with Gasteiger partial charge in [-0.2, -0.15) is 0 Å². The lowest BCUT2D eigenvalue weighted by molar-refractivity contribution is -0.274. The molecule has 2 aromatic carbocycles. The number of nitrogens with zero attached hydrogens (tertiary/aromatic N) is 2. The highest BCUT2D eigenvalue weighted by Gasteiger charge is 2.31. The van der Waals surface area contributed by atoms with E-state index in [1.54, 1.807) is 6.07 Å². The maximum absolute atomic E-state index is 12.3. The Hall–Kier alpha value is -3.49. The van der Waals surface area contributed by atoms with E-state index in [9.17, 15) is 18.0 Å². The molecule has 3 aromatic rings. The van der Waals surface area contributed by atoms with Crippen molar-refractivity contribution in [1.82, 2.24) is 4.98 Å². The van der Waals surface area contributed by atoms with Crippen LogP contribution in [0, 0.1) is 0 Å². The fourth-order valence-electron chi connectivity index (χ4n) is 3.90. The molecule has 1 unspecified atom stereocenters. The van der Waals surface area contributed by atoms with E-state index in [-0.39, 0.29) is 12.4 Å². The summed E-state index contributed by atoms with van der Waals surface area (Å²) >= 11 is 0. The van der Waals surface area contributed by atoms with Crippen molar-refractivity contribution in [3.63, 3.8) is 0 Å². The van der Waals surface area contributed by atoms with Crippen LogP contribution in [0.1, 0.15) is 26.2 Å². The average molecular weight is 459 g/mol. The summed E-state index contributed by atoms with van der Waals surface area (Å²) in [4.78, 5) is 19.4. The lowest BCUT2D eigenvalue weighted by atomic mass is 10.0. The van der Waals surface area contributed by atoms with Gasteiger partial charge >= 0.3 is 6.36 Å². The van der Waals surface area contributed by atoms with Gasteiger partial charge in [0.1, 0.15) is 22.8 Å². The number of carbonyl (C=O) groups is 1. The molecule has 6 nitrogen and oxygen atoms in total. The zero-order valence-corrected chi connectivity index (χ0v) is 18.1. The van der Waals surface area contributed by atoms with E-state index >= 15 is 0 Å². The number of nitrogens with one attached hydrogen (secondary N) is 1. The standard InChI is InChI=1S/C24H24F3N3O3/c1-16-5-2-3-14-30(16)21-13-8-17-6-4-7-20(23(17)29-21)32-15-22(31)28-18-9-11-19(12-10-18)33-24(25,26)27/h4,6-13,16H,2-3,5,14-15H2,1H3,(H,28,31). The first-order valence-electron chi connectivity index (χ1n) is 10.7. The summed E-state index contributed by atoms with van der Waals surface area (Å²) < 4.78 is 46.3. The molecule has 1 aliphatic rings. The Kier molecular flexibility index (Phi) is 6.57. The van der Waals surface area contributed by atoms with Gasteiger partial charge in [-0.25, -0.2) is 4.98 Å². The van der Waals surface area contributed by atoms with Crippen LogP contribution in [-0.2, 0) is 4.79 Å². The number of hydrogen-bond acceptors (Lipinski definition) is 5. The van der Waals surface area contributed by atoms with Gasteiger partial charge in [0.05, 0.1) is 0 Å². The minimum absolute atomic E-state index is 0.272. The number of aromatic nitrogens is 1. The summed E-state index contributed by atoms with van der Waals surface area (Å²) in [6.07, 6.45) is -1.29. The van der Waals surface area contributed by atoms with Crippen LogP contribution in [0.2, 0.25) is 0 Å². The molecule has 1 aromatic heterocycles. The summed E-state index contributed by atoms with van der Waals surface area (Å²) in [5.41, 5.74) is 1.00. The molecule has 9 heteroatoms. The van der Waals surface area contributed by atoms with Gasteiger partial charge in [0.25, 0.3) is 5.91 Å². The quantitative estimate of drug-likeness (QED) is 0.525. The molecule has 1 saturated heterocycles. The predicted octanol–water partition coefficient (Wildman–Crippen LogP) is 5.53. The SMILES string of the molecule is CC1CCCCN1c1ccc2cccc(OCC(=O)Nc3ccc(OC(F)(F)F)cc3)c2n1. The number of rotatable bonds is 6. The van der Waals surface area contributed by atoms with Crippen LogP contribution in [0.3, 0.4) is 0 Å². The van der Waals surface area contributed by atoms with E-state index in [2.05, 4.69) is 21.9 Å². The number of pyridine rings is 1. The van der Waals surface area contributed by atoms with Crippen LogP contribution in [0.15, 0.2) is 54.6 Å². The first kappa shape index (κ1) is 22.7. The Balaban J connectivity index is 1.42. The van der Waals surface area contributed by atoms with Crippen LogP contribution in [0.4, 0.5) is 24.7 Å². The van der Waals surface area contributed by atoms with Crippen molar-refractivity contribution in [1.29, 1.82) is 0 Å². The smallest absolute Gasteiger partial charge is 0.481 e. The van der Waals surface area contributed by atoms with Crippen molar-refractivity contribution in [2.24, 2.45) is 0 Å². The predicted molar refractivity (Wildman–Crippen MR) is 120 cm³/mol. The summed E-state index contributed by atoms with van der Waals surface area (Å²) in [6.45, 7) is 2.88. The minimum Gasteiger partial charge on any atom is -0.481 e. The molecule has 174 valence electrons. The van der Waals surface area contributed by atoms with Gasteiger partial charge < -0.3 is 19.7 Å². The third kappa shape index (κ3) is 5.85. The van der Waals surface area contributed by atoms with Crippen molar-refractivity contribution in [3.05, 3.63) is 54.6 Å². The van der Waals surface area contributed by atoms with Gasteiger partial charge in [0, 0.05) is 23.7 Å². The fourth-order valence-corrected chi connectivity index (χ4v) is 3.90. The second kappa shape index (κ2) is 9.56. The molecule has 1 N–H and O–H groups in total. The number of hydrogen-bond donors (Lipinski definition) is 1. The van der Waals surface area contributed by atoms with E-state index in [1.807, 2.05) is 24.3 Å². The first-order chi connectivity index (χ1) is 15.8. The molecule has 1 fully saturated rings. The molecule has 2 heterocycles. The highest BCUT2D eigenvalue weighted by atomic mass is 19.4. The third-order valence-electron chi connectivity index (χ3n) is 5.50. The van der Waals surface area contributed by atoms with Gasteiger partial charge in [-0.15, -0.1) is 13.2 Å². The normalized spacial score (nSPS) is 16.5. The Bertz CT molecular complexity index is 1120. The molecule has 0 radical (unpaired) electrons. The first-order valence-corrected chi connectivity index (χ1v) is 10.7. The molecular formula is C24H24F3N3O3. The number of ether oxygens (including phenoxy) is 2. The van der Waals surface area contributed by atoms with Gasteiger partial charge in [-0.3, -0.25) is 4.79 Å². The minimum atomic E-state index is -4.77. The van der Waals surface area contributed by atoms with E-state index in [0.29, 0.717) is 23.0 Å². The Morgan fingerprint density at radius 3 is 2.64 bits per heavy atom. The Morgan fingerprint density at radius 2 is 1.91 bits per heavy atom. The Labute approximate surface area is 189 Å². The average Bonchev–Trinajstić information content (AvgIpc) is 2.78. The number of halogens is 3. The highest BCUT2D eigenvalue weighted by Crippen LogP contribution is 2.29. The van der Waals surface area contributed by atoms with Crippen molar-refractivity contribution in [2.75, 3.05) is 23.4 Å². The molecular weight excluding hydrogens is 435 g/mol. The van der Waals surface area contributed by atoms with Crippen LogP contribution >= 0.6 is 0 Å². The zero-order chi connectivity index (χ0) is 23.4. The summed E-state index contributed by atoms with van der Waals surface area (Å²) in [7, 11) is 0. The number of alkyl halides is 3. The van der Waals surface area contributed by atoms with Gasteiger partial charge in [-0.1, -0.05) is 12.1 Å². The number of para-hydroxylation sites is 1. The molecule has 4 rings (SSSR count). The van der Waals surface area contributed by atoms with E-state index < -0.39 is 12.3 Å². The Morgan fingerprint density at radius 1 is 1.12 bits per heavy atom. The van der Waals surface area contributed by atoms with Gasteiger partial charge in [0.2, 0.25) is 0 Å². The van der Waals surface area contributed by atoms with Crippen LogP contribution in [0.5, 0.6) is 11.5 Å². The third-order valence-corrected chi connectivity index (χ3v) is 5.50. The zero-order valence-electron chi connectivity index (χ0n) is 18.1. The molecule has 1 atom stereocenters. The fraction of sp³-hybridized carbons (Fsp3) is 0.333. The molecule has 0 saturated carbocycles. The number of benzene rings is 2. The maximum atomic E-state index is 12.3. The second-order valence-electron chi connectivity index (χ2n) is 7.94. The van der Waals surface area contributed by atoms with Crippen LogP contribution in [0.25, 0.3) is 10.9 Å². The number of anilines is 2. The monoisotopic (exact) mass is 459 g/mol. The van der Waals surface area contributed by atoms with E-state index in [4.69, 9.17) is 9.72 Å². The van der Waals surface area contributed by atoms with Crippen molar-refractivity contribution in [3.8, 4) is 11.5 Å². The van der Waals surface area contributed by atoms with E-state index in [0.717, 1.165) is 42.7 Å². The van der Waals surface area contributed by atoms with Crippen molar-refractivity contribution in [2.45, 2.75) is 38.6 Å². The maximum Gasteiger partial charge on any atom is 0.573 e. The summed E-state index contributed by atoms with van der Waals surface area (Å²) in [5, 5.41) is 3.49. The summed E-state index contributed by atoms with van der Waals surface area (Å²) in [5.74, 6) is 0.564. The second-order valence-corrected chi connectivity index (χ2v) is 7.94. The number of amides is 1. The summed E-state index contributed by atoms with van der Waals surface area (Å²) in [6, 6.07) is 14.8. The molecule has 0 spiro atoms. The topological polar surface area (TPSA) is 63.7 Å². The molecule has 33 heavy (non-hydrogen) atoms. The molecule has 0 bridgehead atoms. The molecule has 1 amide bonds. The van der Waals surface area contributed by atoms with Gasteiger partial charge in [-0.05, 0) is 68.7 Å². The van der Waals surface area contributed by atoms with Gasteiger partial charge in [0.15, 0.2) is 6.61 Å². The number of piperidine rings is 1. The van der Waals surface area contributed by atoms with Crippen molar-refractivity contribution >= 4 is 28.3 Å². The van der Waals surface area contributed by atoms with Crippen LogP contribution in [-0.4, -0.2) is 36.4 Å². The van der Waals surface area contributed by atoms with E-state index in [1.165, 1.54) is 18.6 Å². The van der Waals surface area contributed by atoms with Crippen molar-refractivity contribution < 1.29 is 27.4 Å². The molecule has 0 aliphatic carbocycles.